The molecule has 0 aliphatic rings. The number of carbonyl (C=O) groups is 1. The van der Waals surface area contributed by atoms with E-state index in [4.69, 9.17) is 10.7 Å². The fraction of sp³-hybridized carbons (Fsp3) is 0.167. The van der Waals surface area contributed by atoms with E-state index in [0.29, 0.717) is 28.0 Å². The standard InChI is InChI=1S/C30H29N7O4S/c1-5-16-32-26-19(2)18-33-27(31)25(26)29(38)35-20(3)28-36-23-15-9-11-21(12-10-17-34-42(4,40)41)24(23)30(39)37(28)22-13-7-6-8-14-22/h5-9,11,13-16,18,20,34H,1,17H2,2-4H3,(H2,31,33)(H,35,38)/b32-16-/t20-/m1/s1. The smallest absolute Gasteiger partial charge is 0.267 e. The molecule has 0 saturated carbocycles. The number of rotatable bonds is 8. The number of aliphatic imine (C=N–C) groups is 1. The van der Waals surface area contributed by atoms with Gasteiger partial charge in [0.15, 0.2) is 0 Å². The first-order chi connectivity index (χ1) is 20.0. The molecule has 0 spiro atoms. The third-order valence-electron chi connectivity index (χ3n) is 6.12. The zero-order valence-electron chi connectivity index (χ0n) is 23.2. The Hall–Kier alpha value is -5.12. The lowest BCUT2D eigenvalue weighted by molar-refractivity contribution is 0.0939. The summed E-state index contributed by atoms with van der Waals surface area (Å²) < 4.78 is 26.5. The van der Waals surface area contributed by atoms with E-state index in [1.807, 2.05) is 6.07 Å². The monoisotopic (exact) mass is 583 g/mol. The van der Waals surface area contributed by atoms with E-state index < -0.39 is 27.5 Å². The summed E-state index contributed by atoms with van der Waals surface area (Å²) in [6.45, 7) is 6.97. The Labute approximate surface area is 243 Å². The Kier molecular flexibility index (Phi) is 8.95. The second-order valence-electron chi connectivity index (χ2n) is 9.30. The van der Waals surface area contributed by atoms with Crippen LogP contribution >= 0.6 is 0 Å². The predicted molar refractivity (Wildman–Crippen MR) is 165 cm³/mol. The van der Waals surface area contributed by atoms with Gasteiger partial charge in [-0.3, -0.25) is 19.1 Å². The molecule has 1 atom stereocenters. The van der Waals surface area contributed by atoms with Crippen molar-refractivity contribution in [3.05, 3.63) is 100 Å². The van der Waals surface area contributed by atoms with E-state index >= 15 is 0 Å². The van der Waals surface area contributed by atoms with Crippen LogP contribution in [0.4, 0.5) is 11.5 Å². The molecular weight excluding hydrogens is 554 g/mol. The van der Waals surface area contributed by atoms with E-state index in [-0.39, 0.29) is 29.1 Å². The molecule has 2 aromatic carbocycles. The van der Waals surface area contributed by atoms with Gasteiger partial charge >= 0.3 is 0 Å². The van der Waals surface area contributed by atoms with Crippen LogP contribution in [0.25, 0.3) is 16.6 Å². The quantitative estimate of drug-likeness (QED) is 0.212. The minimum atomic E-state index is -3.42. The molecule has 0 bridgehead atoms. The summed E-state index contributed by atoms with van der Waals surface area (Å²) >= 11 is 0. The fourth-order valence-corrected chi connectivity index (χ4v) is 4.57. The molecule has 2 aromatic heterocycles. The third-order valence-corrected chi connectivity index (χ3v) is 6.79. The number of nitrogen functional groups attached to an aromatic ring is 1. The summed E-state index contributed by atoms with van der Waals surface area (Å²) in [6, 6.07) is 13.2. The number of anilines is 1. The molecule has 1 amide bonds. The molecule has 0 unspecified atom stereocenters. The lowest BCUT2D eigenvalue weighted by atomic mass is 10.1. The van der Waals surface area contributed by atoms with Crippen molar-refractivity contribution in [2.24, 2.45) is 4.99 Å². The van der Waals surface area contributed by atoms with Crippen molar-refractivity contribution in [3.63, 3.8) is 0 Å². The highest BCUT2D eigenvalue weighted by atomic mass is 32.2. The fourth-order valence-electron chi connectivity index (χ4n) is 4.24. The average Bonchev–Trinajstić information content (AvgIpc) is 2.95. The lowest BCUT2D eigenvalue weighted by Crippen LogP contribution is -2.34. The van der Waals surface area contributed by atoms with Crippen LogP contribution in [-0.4, -0.2) is 47.9 Å². The first-order valence-electron chi connectivity index (χ1n) is 12.8. The topological polar surface area (TPSA) is 161 Å². The Morgan fingerprint density at radius 3 is 2.64 bits per heavy atom. The van der Waals surface area contributed by atoms with Crippen LogP contribution < -0.4 is 21.3 Å². The van der Waals surface area contributed by atoms with Crippen LogP contribution in [0.5, 0.6) is 0 Å². The molecule has 4 aromatic rings. The number of para-hydroxylation sites is 1. The maximum absolute atomic E-state index is 14.1. The molecule has 0 saturated heterocycles. The van der Waals surface area contributed by atoms with Crippen LogP contribution in [-0.2, 0) is 10.0 Å². The van der Waals surface area contributed by atoms with Gasteiger partial charge in [0.1, 0.15) is 17.2 Å². The number of hydrogen-bond acceptors (Lipinski definition) is 8. The van der Waals surface area contributed by atoms with Crippen molar-refractivity contribution >= 4 is 44.6 Å². The zero-order valence-corrected chi connectivity index (χ0v) is 24.1. The molecule has 0 fully saturated rings. The molecule has 11 nitrogen and oxygen atoms in total. The highest BCUT2D eigenvalue weighted by Gasteiger charge is 2.24. The summed E-state index contributed by atoms with van der Waals surface area (Å²) in [6.07, 6.45) is 5.51. The van der Waals surface area contributed by atoms with E-state index in [0.717, 1.165) is 6.26 Å². The van der Waals surface area contributed by atoms with Gasteiger partial charge in [-0.2, -0.15) is 0 Å². The summed E-state index contributed by atoms with van der Waals surface area (Å²) in [5.74, 6) is 5.34. The molecule has 0 aliphatic carbocycles. The van der Waals surface area contributed by atoms with Crippen molar-refractivity contribution < 1.29 is 13.2 Å². The first kappa shape index (κ1) is 29.9. The normalized spacial score (nSPS) is 12.1. The third kappa shape index (κ3) is 6.60. The number of aryl methyl sites for hydroxylation is 1. The van der Waals surface area contributed by atoms with E-state index in [2.05, 4.69) is 38.4 Å². The molecule has 4 N–H and O–H groups in total. The summed E-state index contributed by atoms with van der Waals surface area (Å²) in [5, 5.41) is 3.15. The number of fused-ring (bicyclic) bond motifs is 1. The number of sulfonamides is 1. The van der Waals surface area contributed by atoms with Crippen LogP contribution in [0.2, 0.25) is 0 Å². The van der Waals surface area contributed by atoms with Gasteiger partial charge in [0.25, 0.3) is 11.5 Å². The number of allylic oxidation sites excluding steroid dienone is 1. The van der Waals surface area contributed by atoms with Gasteiger partial charge in [-0.25, -0.2) is 23.1 Å². The minimum absolute atomic E-state index is 0.00186. The summed E-state index contributed by atoms with van der Waals surface area (Å²) in [7, 11) is -3.42. The van der Waals surface area contributed by atoms with E-state index in [9.17, 15) is 18.0 Å². The Morgan fingerprint density at radius 2 is 1.95 bits per heavy atom. The van der Waals surface area contributed by atoms with Gasteiger partial charge in [0, 0.05) is 18.0 Å². The Balaban J connectivity index is 1.84. The van der Waals surface area contributed by atoms with Crippen LogP contribution in [0.15, 0.2) is 77.2 Å². The zero-order chi connectivity index (χ0) is 30.4. The second kappa shape index (κ2) is 12.6. The lowest BCUT2D eigenvalue weighted by Gasteiger charge is -2.21. The molecule has 2 heterocycles. The molecule has 214 valence electrons. The highest BCUT2D eigenvalue weighted by molar-refractivity contribution is 7.88. The number of hydrogen-bond donors (Lipinski definition) is 3. The number of amides is 1. The summed E-state index contributed by atoms with van der Waals surface area (Å²) in [4.78, 5) is 40.8. The maximum Gasteiger partial charge on any atom is 0.267 e. The van der Waals surface area contributed by atoms with Crippen LogP contribution in [0.1, 0.15) is 40.3 Å². The number of nitrogens with two attached hydrogens (primary N) is 1. The molecule has 42 heavy (non-hydrogen) atoms. The largest absolute Gasteiger partial charge is 0.383 e. The number of nitrogens with zero attached hydrogens (tertiary/aromatic N) is 4. The van der Waals surface area contributed by atoms with Crippen molar-refractivity contribution in [2.75, 3.05) is 18.5 Å². The van der Waals surface area contributed by atoms with Gasteiger partial charge in [-0.05, 0) is 43.7 Å². The molecule has 0 aliphatic heterocycles. The van der Waals surface area contributed by atoms with Gasteiger partial charge in [0.05, 0.1) is 41.1 Å². The average molecular weight is 584 g/mol. The molecule has 4 rings (SSSR count). The number of nitrogens with one attached hydrogen (secondary N) is 2. The van der Waals surface area contributed by atoms with Crippen LogP contribution in [0.3, 0.4) is 0 Å². The minimum Gasteiger partial charge on any atom is -0.383 e. The van der Waals surface area contributed by atoms with Crippen molar-refractivity contribution in [3.8, 4) is 17.5 Å². The number of aromatic nitrogens is 3. The Bertz CT molecular complexity index is 1940. The summed E-state index contributed by atoms with van der Waals surface area (Å²) in [5.41, 5.74) is 8.05. The van der Waals surface area contributed by atoms with Crippen molar-refractivity contribution in [2.45, 2.75) is 19.9 Å². The van der Waals surface area contributed by atoms with Crippen molar-refractivity contribution in [1.82, 2.24) is 24.6 Å². The van der Waals surface area contributed by atoms with Gasteiger partial charge in [-0.1, -0.05) is 48.8 Å². The molecule has 0 radical (unpaired) electrons. The number of benzene rings is 2. The SMILES string of the molecule is C=C/C=N\c1c(C)cnc(N)c1C(=O)N[C@H](C)c1nc2cccc(C#CCNS(C)(=O)=O)c2c(=O)n1-c1ccccc1. The van der Waals surface area contributed by atoms with Gasteiger partial charge in [-0.15, -0.1) is 0 Å². The first-order valence-corrected chi connectivity index (χ1v) is 14.7. The molecular formula is C30H29N7O4S. The number of carbonyl (C=O) groups excluding carboxylic acids is 1. The van der Waals surface area contributed by atoms with Crippen molar-refractivity contribution in [1.29, 1.82) is 0 Å². The highest BCUT2D eigenvalue weighted by Crippen LogP contribution is 2.28. The number of pyridine rings is 1. The molecule has 12 heteroatoms. The maximum atomic E-state index is 14.1. The van der Waals surface area contributed by atoms with Crippen LogP contribution in [0, 0.1) is 18.8 Å². The van der Waals surface area contributed by atoms with E-state index in [1.165, 1.54) is 23.1 Å². The van der Waals surface area contributed by atoms with Gasteiger partial charge < -0.3 is 11.1 Å². The van der Waals surface area contributed by atoms with E-state index in [1.54, 1.807) is 56.3 Å². The van der Waals surface area contributed by atoms with Gasteiger partial charge in [0.2, 0.25) is 10.0 Å². The Morgan fingerprint density at radius 1 is 1.21 bits per heavy atom. The predicted octanol–water partition coefficient (Wildman–Crippen LogP) is 2.95. The second-order valence-corrected chi connectivity index (χ2v) is 11.1.